The van der Waals surface area contributed by atoms with Gasteiger partial charge in [-0.25, -0.2) is 5.01 Å². The van der Waals surface area contributed by atoms with Crippen molar-refractivity contribution in [2.24, 2.45) is 5.10 Å². The molecular formula is C21H22N2O6. The maximum Gasteiger partial charge on any atom is 0.306 e. The first-order chi connectivity index (χ1) is 14.0. The van der Waals surface area contributed by atoms with Gasteiger partial charge in [0.15, 0.2) is 6.61 Å². The van der Waals surface area contributed by atoms with E-state index in [0.29, 0.717) is 17.9 Å². The third-order valence-electron chi connectivity index (χ3n) is 4.50. The molecule has 29 heavy (non-hydrogen) atoms. The Morgan fingerprint density at radius 2 is 1.93 bits per heavy atom. The standard InChI is InChI=1S/C21H22N2O6/c1-14(24)5-10-21(26)29-13-20(25)23-18(19-4-3-11-28-19)12-17(22-23)15-6-8-16(27-2)9-7-15/h3-4,6-9,11,18H,5,10,12-13H2,1-2H3/t18-/m0/s1. The monoisotopic (exact) mass is 398 g/mol. The third kappa shape index (κ3) is 5.10. The second kappa shape index (κ2) is 9.18. The first-order valence-electron chi connectivity index (χ1n) is 9.20. The summed E-state index contributed by atoms with van der Waals surface area (Å²) in [5.74, 6) is 0.140. The number of ether oxygens (including phenoxy) is 2. The number of hydrogen-bond donors (Lipinski definition) is 0. The zero-order chi connectivity index (χ0) is 20.8. The van der Waals surface area contributed by atoms with Crippen LogP contribution in [0.25, 0.3) is 0 Å². The molecule has 2 aromatic rings. The van der Waals surface area contributed by atoms with Gasteiger partial charge in [-0.3, -0.25) is 9.59 Å². The second-order valence-electron chi connectivity index (χ2n) is 6.61. The average molecular weight is 398 g/mol. The lowest BCUT2D eigenvalue weighted by Gasteiger charge is -2.19. The minimum absolute atomic E-state index is 0.0510. The molecule has 3 rings (SSSR count). The molecule has 1 aromatic carbocycles. The largest absolute Gasteiger partial charge is 0.497 e. The summed E-state index contributed by atoms with van der Waals surface area (Å²) < 4.78 is 15.7. The first kappa shape index (κ1) is 20.3. The van der Waals surface area contributed by atoms with Crippen LogP contribution in [-0.4, -0.2) is 42.1 Å². The topological polar surface area (TPSA) is 98.4 Å². The Morgan fingerprint density at radius 3 is 2.55 bits per heavy atom. The average Bonchev–Trinajstić information content (AvgIpc) is 3.40. The quantitative estimate of drug-likeness (QED) is 0.634. The molecule has 0 fully saturated rings. The fraction of sp³-hybridized carbons (Fsp3) is 0.333. The van der Waals surface area contributed by atoms with Gasteiger partial charge < -0.3 is 18.7 Å². The smallest absolute Gasteiger partial charge is 0.306 e. The number of carbonyl (C=O) groups excluding carboxylic acids is 3. The van der Waals surface area contributed by atoms with Crippen LogP contribution in [-0.2, 0) is 19.1 Å². The predicted octanol–water partition coefficient (Wildman–Crippen LogP) is 2.88. The molecular weight excluding hydrogens is 376 g/mol. The highest BCUT2D eigenvalue weighted by molar-refractivity contribution is 6.03. The SMILES string of the molecule is COc1ccc(C2=NN(C(=O)COC(=O)CCC(C)=O)[C@H](c3ccco3)C2)cc1. The van der Waals surface area contributed by atoms with Gasteiger partial charge in [-0.05, 0) is 48.9 Å². The van der Waals surface area contributed by atoms with Crippen LogP contribution < -0.4 is 4.74 Å². The van der Waals surface area contributed by atoms with Gasteiger partial charge in [-0.1, -0.05) is 0 Å². The van der Waals surface area contributed by atoms with Crippen LogP contribution in [0.2, 0.25) is 0 Å². The summed E-state index contributed by atoms with van der Waals surface area (Å²) in [5.41, 5.74) is 1.57. The van der Waals surface area contributed by atoms with Crippen LogP contribution >= 0.6 is 0 Å². The number of methoxy groups -OCH3 is 1. The number of furan rings is 1. The normalized spacial score (nSPS) is 15.7. The van der Waals surface area contributed by atoms with Crippen LogP contribution in [0.5, 0.6) is 5.75 Å². The molecule has 8 heteroatoms. The Kier molecular flexibility index (Phi) is 6.43. The Morgan fingerprint density at radius 1 is 1.17 bits per heavy atom. The van der Waals surface area contributed by atoms with Crippen molar-refractivity contribution in [3.63, 3.8) is 0 Å². The Hall–Kier alpha value is -3.42. The molecule has 1 aromatic heterocycles. The number of hydrazone groups is 1. The van der Waals surface area contributed by atoms with E-state index in [9.17, 15) is 14.4 Å². The van der Waals surface area contributed by atoms with Crippen molar-refractivity contribution in [2.75, 3.05) is 13.7 Å². The maximum atomic E-state index is 12.7. The summed E-state index contributed by atoms with van der Waals surface area (Å²) in [6.07, 6.45) is 2.03. The summed E-state index contributed by atoms with van der Waals surface area (Å²) in [5, 5.41) is 5.75. The van der Waals surface area contributed by atoms with E-state index < -0.39 is 24.5 Å². The molecule has 2 heterocycles. The number of carbonyl (C=O) groups is 3. The Labute approximate surface area is 168 Å². The van der Waals surface area contributed by atoms with Crippen LogP contribution in [0, 0.1) is 0 Å². The van der Waals surface area contributed by atoms with Crippen molar-refractivity contribution in [3.05, 3.63) is 54.0 Å². The Balaban J connectivity index is 1.73. The molecule has 0 aliphatic carbocycles. The molecule has 0 unspecified atom stereocenters. The predicted molar refractivity (Wildman–Crippen MR) is 103 cm³/mol. The van der Waals surface area contributed by atoms with Crippen molar-refractivity contribution in [1.82, 2.24) is 5.01 Å². The third-order valence-corrected chi connectivity index (χ3v) is 4.50. The molecule has 1 atom stereocenters. The Bertz CT molecular complexity index is 902. The molecule has 0 saturated carbocycles. The van der Waals surface area contributed by atoms with Gasteiger partial charge in [-0.2, -0.15) is 5.10 Å². The molecule has 1 aliphatic rings. The van der Waals surface area contributed by atoms with E-state index in [1.165, 1.54) is 18.2 Å². The van der Waals surface area contributed by atoms with Gasteiger partial charge in [-0.15, -0.1) is 0 Å². The van der Waals surface area contributed by atoms with E-state index in [2.05, 4.69) is 5.10 Å². The van der Waals surface area contributed by atoms with Crippen molar-refractivity contribution in [2.45, 2.75) is 32.2 Å². The lowest BCUT2D eigenvalue weighted by Crippen LogP contribution is -2.31. The maximum absolute atomic E-state index is 12.7. The zero-order valence-electron chi connectivity index (χ0n) is 16.3. The first-order valence-corrected chi connectivity index (χ1v) is 9.20. The van der Waals surface area contributed by atoms with E-state index in [1.54, 1.807) is 19.2 Å². The number of rotatable bonds is 8. The van der Waals surface area contributed by atoms with Crippen molar-refractivity contribution < 1.29 is 28.3 Å². The molecule has 0 radical (unpaired) electrons. The highest BCUT2D eigenvalue weighted by Crippen LogP contribution is 2.33. The van der Waals surface area contributed by atoms with Gasteiger partial charge in [0.1, 0.15) is 23.3 Å². The fourth-order valence-electron chi connectivity index (χ4n) is 2.96. The van der Waals surface area contributed by atoms with Gasteiger partial charge in [0.2, 0.25) is 0 Å². The van der Waals surface area contributed by atoms with Crippen LogP contribution in [0.4, 0.5) is 0 Å². The minimum atomic E-state index is -0.596. The summed E-state index contributed by atoms with van der Waals surface area (Å²) in [7, 11) is 1.59. The molecule has 0 N–H and O–H groups in total. The van der Waals surface area contributed by atoms with Gasteiger partial charge in [0.25, 0.3) is 5.91 Å². The van der Waals surface area contributed by atoms with Crippen molar-refractivity contribution >= 4 is 23.4 Å². The molecule has 0 spiro atoms. The summed E-state index contributed by atoms with van der Waals surface area (Å²) in [6, 6.07) is 10.5. The number of ketones is 1. The molecule has 1 aliphatic heterocycles. The number of benzene rings is 1. The van der Waals surface area contributed by atoms with Gasteiger partial charge in [0.05, 0.1) is 25.5 Å². The number of Topliss-reactive ketones (excluding diaryl/α,β-unsaturated/α-hetero) is 1. The summed E-state index contributed by atoms with van der Waals surface area (Å²) >= 11 is 0. The number of amides is 1. The van der Waals surface area contributed by atoms with E-state index in [0.717, 1.165) is 11.3 Å². The van der Waals surface area contributed by atoms with Gasteiger partial charge >= 0.3 is 5.97 Å². The van der Waals surface area contributed by atoms with E-state index in [1.807, 2.05) is 24.3 Å². The highest BCUT2D eigenvalue weighted by atomic mass is 16.5. The zero-order valence-corrected chi connectivity index (χ0v) is 16.3. The number of nitrogens with zero attached hydrogens (tertiary/aromatic N) is 2. The van der Waals surface area contributed by atoms with E-state index in [-0.39, 0.29) is 18.6 Å². The summed E-state index contributed by atoms with van der Waals surface area (Å²) in [4.78, 5) is 35.4. The fourth-order valence-corrected chi connectivity index (χ4v) is 2.96. The van der Waals surface area contributed by atoms with Gasteiger partial charge in [0, 0.05) is 12.8 Å². The van der Waals surface area contributed by atoms with Crippen LogP contribution in [0.1, 0.15) is 43.6 Å². The molecule has 8 nitrogen and oxygen atoms in total. The molecule has 1 amide bonds. The highest BCUT2D eigenvalue weighted by Gasteiger charge is 2.35. The summed E-state index contributed by atoms with van der Waals surface area (Å²) in [6.45, 7) is 0.944. The minimum Gasteiger partial charge on any atom is -0.497 e. The molecule has 0 bridgehead atoms. The second-order valence-corrected chi connectivity index (χ2v) is 6.61. The molecule has 0 saturated heterocycles. The molecule has 152 valence electrons. The van der Waals surface area contributed by atoms with Crippen molar-refractivity contribution in [3.8, 4) is 5.75 Å². The van der Waals surface area contributed by atoms with Crippen LogP contribution in [0.15, 0.2) is 52.2 Å². The number of esters is 1. The number of hydrogen-bond acceptors (Lipinski definition) is 7. The lowest BCUT2D eigenvalue weighted by molar-refractivity contribution is -0.153. The van der Waals surface area contributed by atoms with E-state index >= 15 is 0 Å². The van der Waals surface area contributed by atoms with Crippen LogP contribution in [0.3, 0.4) is 0 Å². The lowest BCUT2D eigenvalue weighted by atomic mass is 10.0. The van der Waals surface area contributed by atoms with Crippen molar-refractivity contribution in [1.29, 1.82) is 0 Å². The van der Waals surface area contributed by atoms with E-state index in [4.69, 9.17) is 13.9 Å².